The lowest BCUT2D eigenvalue weighted by molar-refractivity contribution is 0.357. The van der Waals surface area contributed by atoms with Crippen LogP contribution in [-0.4, -0.2) is 26.7 Å². The largest absolute Gasteiger partial charge is 0.493 e. The van der Waals surface area contributed by atoms with Gasteiger partial charge in [0.05, 0.1) is 6.61 Å². The van der Waals surface area contributed by atoms with Crippen molar-refractivity contribution in [2.45, 2.75) is 19.3 Å². The first kappa shape index (κ1) is 11.3. The summed E-state index contributed by atoms with van der Waals surface area (Å²) in [7, 11) is 2.13. The first-order chi connectivity index (χ1) is 7.81. The van der Waals surface area contributed by atoms with Crippen molar-refractivity contribution >= 4 is 5.69 Å². The maximum absolute atomic E-state index is 5.50. The van der Waals surface area contributed by atoms with Gasteiger partial charge in [0, 0.05) is 25.7 Å². The molecule has 0 saturated heterocycles. The average Bonchev–Trinajstić information content (AvgIpc) is 2.76. The Morgan fingerprint density at radius 2 is 2.25 bits per heavy atom. The van der Waals surface area contributed by atoms with Crippen LogP contribution in [0.4, 0.5) is 5.69 Å². The SMILES string of the molecule is CN(CCCCN)c1ccc2c(c1)CCO2. The summed E-state index contributed by atoms with van der Waals surface area (Å²) < 4.78 is 5.50. The molecule has 1 heterocycles. The van der Waals surface area contributed by atoms with Crippen LogP contribution in [0.5, 0.6) is 5.75 Å². The van der Waals surface area contributed by atoms with Crippen molar-refractivity contribution in [2.24, 2.45) is 5.73 Å². The van der Waals surface area contributed by atoms with E-state index in [1.165, 1.54) is 11.3 Å². The fourth-order valence-electron chi connectivity index (χ4n) is 2.03. The van der Waals surface area contributed by atoms with Gasteiger partial charge >= 0.3 is 0 Å². The second kappa shape index (κ2) is 5.21. The van der Waals surface area contributed by atoms with Gasteiger partial charge in [0.2, 0.25) is 0 Å². The van der Waals surface area contributed by atoms with Gasteiger partial charge in [0.1, 0.15) is 5.75 Å². The van der Waals surface area contributed by atoms with E-state index in [4.69, 9.17) is 10.5 Å². The van der Waals surface area contributed by atoms with Crippen LogP contribution in [-0.2, 0) is 6.42 Å². The molecule has 0 atom stereocenters. The molecule has 0 fully saturated rings. The van der Waals surface area contributed by atoms with Crippen molar-refractivity contribution in [1.29, 1.82) is 0 Å². The van der Waals surface area contributed by atoms with Gasteiger partial charge in [-0.1, -0.05) is 0 Å². The van der Waals surface area contributed by atoms with E-state index in [0.717, 1.165) is 44.7 Å². The number of rotatable bonds is 5. The Labute approximate surface area is 97.2 Å². The van der Waals surface area contributed by atoms with Crippen LogP contribution < -0.4 is 15.4 Å². The van der Waals surface area contributed by atoms with E-state index in [9.17, 15) is 0 Å². The van der Waals surface area contributed by atoms with E-state index in [-0.39, 0.29) is 0 Å². The number of hydrogen-bond donors (Lipinski definition) is 1. The molecule has 1 aromatic rings. The molecule has 0 unspecified atom stereocenters. The van der Waals surface area contributed by atoms with Crippen molar-refractivity contribution in [2.75, 3.05) is 31.6 Å². The van der Waals surface area contributed by atoms with Gasteiger partial charge in [-0.25, -0.2) is 0 Å². The fraction of sp³-hybridized carbons (Fsp3) is 0.538. The molecule has 3 nitrogen and oxygen atoms in total. The van der Waals surface area contributed by atoms with E-state index >= 15 is 0 Å². The molecule has 0 aliphatic carbocycles. The lowest BCUT2D eigenvalue weighted by Gasteiger charge is -2.19. The number of unbranched alkanes of at least 4 members (excludes halogenated alkanes) is 1. The smallest absolute Gasteiger partial charge is 0.122 e. The van der Waals surface area contributed by atoms with Crippen LogP contribution in [0.3, 0.4) is 0 Å². The van der Waals surface area contributed by atoms with Crippen molar-refractivity contribution in [3.05, 3.63) is 23.8 Å². The average molecular weight is 220 g/mol. The lowest BCUT2D eigenvalue weighted by Crippen LogP contribution is -2.19. The fourth-order valence-corrected chi connectivity index (χ4v) is 2.03. The molecule has 0 amide bonds. The molecular weight excluding hydrogens is 200 g/mol. The van der Waals surface area contributed by atoms with Gasteiger partial charge in [0.25, 0.3) is 0 Å². The van der Waals surface area contributed by atoms with Crippen LogP contribution in [0.25, 0.3) is 0 Å². The Hall–Kier alpha value is -1.22. The number of nitrogens with two attached hydrogens (primary N) is 1. The third-order valence-corrected chi connectivity index (χ3v) is 3.06. The predicted octanol–water partition coefficient (Wildman–Crippen LogP) is 1.80. The van der Waals surface area contributed by atoms with Crippen LogP contribution in [0.2, 0.25) is 0 Å². The molecule has 1 aliphatic rings. The van der Waals surface area contributed by atoms with Crippen LogP contribution in [0.1, 0.15) is 18.4 Å². The first-order valence-corrected chi connectivity index (χ1v) is 5.98. The Balaban J connectivity index is 1.98. The molecule has 2 N–H and O–H groups in total. The highest BCUT2D eigenvalue weighted by Gasteiger charge is 2.13. The van der Waals surface area contributed by atoms with Gasteiger partial charge in [-0.3, -0.25) is 0 Å². The number of ether oxygens (including phenoxy) is 1. The van der Waals surface area contributed by atoms with E-state index in [0.29, 0.717) is 0 Å². The summed E-state index contributed by atoms with van der Waals surface area (Å²) in [6.45, 7) is 2.68. The Kier molecular flexibility index (Phi) is 3.67. The second-order valence-corrected chi connectivity index (χ2v) is 4.31. The lowest BCUT2D eigenvalue weighted by atomic mass is 10.1. The molecule has 1 aliphatic heterocycles. The molecule has 0 aromatic heterocycles. The topological polar surface area (TPSA) is 38.5 Å². The van der Waals surface area contributed by atoms with Gasteiger partial charge in [-0.15, -0.1) is 0 Å². The van der Waals surface area contributed by atoms with E-state index in [1.807, 2.05) is 0 Å². The van der Waals surface area contributed by atoms with Crippen LogP contribution in [0.15, 0.2) is 18.2 Å². The van der Waals surface area contributed by atoms with Gasteiger partial charge in [-0.2, -0.15) is 0 Å². The molecule has 1 aromatic carbocycles. The summed E-state index contributed by atoms with van der Waals surface area (Å²) in [6, 6.07) is 6.45. The third kappa shape index (κ3) is 2.47. The normalized spacial score (nSPS) is 13.4. The molecule has 0 bridgehead atoms. The minimum Gasteiger partial charge on any atom is -0.493 e. The van der Waals surface area contributed by atoms with Crippen molar-refractivity contribution in [3.63, 3.8) is 0 Å². The van der Waals surface area contributed by atoms with Crippen LogP contribution in [0, 0.1) is 0 Å². The third-order valence-electron chi connectivity index (χ3n) is 3.06. The first-order valence-electron chi connectivity index (χ1n) is 5.98. The number of benzene rings is 1. The monoisotopic (exact) mass is 220 g/mol. The maximum atomic E-state index is 5.50. The van der Waals surface area contributed by atoms with Gasteiger partial charge in [-0.05, 0) is 43.1 Å². The van der Waals surface area contributed by atoms with Crippen molar-refractivity contribution < 1.29 is 4.74 Å². The van der Waals surface area contributed by atoms with E-state index < -0.39 is 0 Å². The second-order valence-electron chi connectivity index (χ2n) is 4.31. The van der Waals surface area contributed by atoms with Crippen LogP contribution >= 0.6 is 0 Å². The zero-order valence-electron chi connectivity index (χ0n) is 9.91. The number of hydrogen-bond acceptors (Lipinski definition) is 3. The maximum Gasteiger partial charge on any atom is 0.122 e. The summed E-state index contributed by atoms with van der Waals surface area (Å²) >= 11 is 0. The molecule has 0 spiro atoms. The van der Waals surface area contributed by atoms with Gasteiger partial charge in [0.15, 0.2) is 0 Å². The van der Waals surface area contributed by atoms with E-state index in [1.54, 1.807) is 0 Å². The molecular formula is C13H20N2O. The summed E-state index contributed by atoms with van der Waals surface area (Å²) in [5.41, 5.74) is 8.11. The molecule has 0 saturated carbocycles. The zero-order chi connectivity index (χ0) is 11.4. The predicted molar refractivity (Wildman–Crippen MR) is 67.2 cm³/mol. The summed E-state index contributed by atoms with van der Waals surface area (Å²) in [6.07, 6.45) is 3.29. The quantitative estimate of drug-likeness (QED) is 0.769. The number of fused-ring (bicyclic) bond motifs is 1. The standard InChI is InChI=1S/C13H20N2O/c1-15(8-3-2-7-14)12-4-5-13-11(10-12)6-9-16-13/h4-5,10H,2-3,6-9,14H2,1H3. The highest BCUT2D eigenvalue weighted by atomic mass is 16.5. The Morgan fingerprint density at radius 3 is 3.06 bits per heavy atom. The molecule has 88 valence electrons. The van der Waals surface area contributed by atoms with E-state index in [2.05, 4.69) is 30.1 Å². The molecule has 0 radical (unpaired) electrons. The minimum atomic E-state index is 0.784. The summed E-state index contributed by atoms with van der Waals surface area (Å²) in [5, 5.41) is 0. The number of anilines is 1. The number of nitrogens with zero attached hydrogens (tertiary/aromatic N) is 1. The van der Waals surface area contributed by atoms with Crippen molar-refractivity contribution in [1.82, 2.24) is 0 Å². The zero-order valence-corrected chi connectivity index (χ0v) is 9.91. The Morgan fingerprint density at radius 1 is 1.38 bits per heavy atom. The van der Waals surface area contributed by atoms with Gasteiger partial charge < -0.3 is 15.4 Å². The Bertz CT molecular complexity index is 352. The highest BCUT2D eigenvalue weighted by molar-refractivity contribution is 5.53. The molecule has 16 heavy (non-hydrogen) atoms. The molecule has 3 heteroatoms. The molecule has 2 rings (SSSR count). The summed E-state index contributed by atoms with van der Waals surface area (Å²) in [4.78, 5) is 2.29. The highest BCUT2D eigenvalue weighted by Crippen LogP contribution is 2.29. The van der Waals surface area contributed by atoms with Crippen molar-refractivity contribution in [3.8, 4) is 5.75 Å². The summed E-state index contributed by atoms with van der Waals surface area (Å²) in [5.74, 6) is 1.05. The minimum absolute atomic E-state index is 0.784.